The molecule has 1 saturated carbocycles. The molecule has 1 aromatic carbocycles. The first-order chi connectivity index (χ1) is 13.3. The number of hydrogen-bond acceptors (Lipinski definition) is 5. The summed E-state index contributed by atoms with van der Waals surface area (Å²) in [5.41, 5.74) is 1.22. The predicted molar refractivity (Wildman–Crippen MR) is 116 cm³/mol. The predicted octanol–water partition coefficient (Wildman–Crippen LogP) is 2.88. The van der Waals surface area contributed by atoms with Gasteiger partial charge in [-0.2, -0.15) is 0 Å². The van der Waals surface area contributed by atoms with E-state index in [1.807, 2.05) is 12.1 Å². The number of halogens is 2. The molecule has 158 valence electrons. The number of morpholine rings is 2. The quantitative estimate of drug-likeness (QED) is 0.727. The van der Waals surface area contributed by atoms with E-state index in [9.17, 15) is 0 Å². The lowest BCUT2D eigenvalue weighted by Crippen LogP contribution is -2.52. The maximum Gasteiger partial charge on any atom is 0.0623 e. The second kappa shape index (κ2) is 11.1. The van der Waals surface area contributed by atoms with Crippen molar-refractivity contribution in [3.8, 4) is 0 Å². The van der Waals surface area contributed by atoms with Gasteiger partial charge in [0.25, 0.3) is 0 Å². The van der Waals surface area contributed by atoms with Crippen molar-refractivity contribution in [2.75, 3.05) is 52.6 Å². The van der Waals surface area contributed by atoms with Crippen LogP contribution < -0.4 is 10.6 Å². The van der Waals surface area contributed by atoms with Gasteiger partial charge in [-0.25, -0.2) is 0 Å². The molecule has 2 heterocycles. The smallest absolute Gasteiger partial charge is 0.0623 e. The van der Waals surface area contributed by atoms with E-state index in [0.29, 0.717) is 24.0 Å². The lowest BCUT2D eigenvalue weighted by atomic mass is 9.93. The van der Waals surface area contributed by atoms with Crippen LogP contribution in [-0.2, 0) is 9.47 Å². The Hall–Kier alpha value is -0.400. The minimum absolute atomic E-state index is 0. The van der Waals surface area contributed by atoms with Crippen LogP contribution >= 0.6 is 24.0 Å². The highest BCUT2D eigenvalue weighted by molar-refractivity contribution is 6.31. The highest BCUT2D eigenvalue weighted by atomic mass is 35.5. The number of nitrogens with zero attached hydrogens (tertiary/aromatic N) is 1. The van der Waals surface area contributed by atoms with Gasteiger partial charge in [0.2, 0.25) is 0 Å². The van der Waals surface area contributed by atoms with Crippen molar-refractivity contribution in [3.63, 3.8) is 0 Å². The summed E-state index contributed by atoms with van der Waals surface area (Å²) in [6.45, 7) is 7.12. The molecule has 4 atom stereocenters. The minimum atomic E-state index is 0. The molecule has 4 unspecified atom stereocenters. The summed E-state index contributed by atoms with van der Waals surface area (Å²) < 4.78 is 11.3. The van der Waals surface area contributed by atoms with Crippen LogP contribution in [0.2, 0.25) is 5.02 Å². The van der Waals surface area contributed by atoms with Crippen molar-refractivity contribution in [3.05, 3.63) is 34.9 Å². The summed E-state index contributed by atoms with van der Waals surface area (Å²) in [5, 5.41) is 8.45. The molecule has 2 N–H and O–H groups in total. The lowest BCUT2D eigenvalue weighted by Gasteiger charge is -2.37. The zero-order valence-electron chi connectivity index (χ0n) is 16.4. The van der Waals surface area contributed by atoms with Gasteiger partial charge in [0.1, 0.15) is 0 Å². The minimum Gasteiger partial charge on any atom is -0.379 e. The van der Waals surface area contributed by atoms with Crippen LogP contribution in [0.5, 0.6) is 0 Å². The van der Waals surface area contributed by atoms with Crippen LogP contribution in [0.4, 0.5) is 0 Å². The molecule has 7 heteroatoms. The second-order valence-corrected chi connectivity index (χ2v) is 8.34. The third-order valence-corrected chi connectivity index (χ3v) is 6.70. The van der Waals surface area contributed by atoms with E-state index in [4.69, 9.17) is 21.1 Å². The highest BCUT2D eigenvalue weighted by Crippen LogP contribution is 2.32. The van der Waals surface area contributed by atoms with Crippen molar-refractivity contribution in [2.45, 2.75) is 37.4 Å². The number of benzene rings is 1. The van der Waals surface area contributed by atoms with E-state index in [2.05, 4.69) is 27.7 Å². The standard InChI is InChI=1S/C21H32ClN3O2.ClH/c22-18-6-2-1-4-16(18)21(25-9-12-26-13-10-25)14-24-19-7-3-5-17(19)20-15-27-11-8-23-20;/h1-2,4,6,17,19-21,23-24H,3,5,7-15H2;1H. The summed E-state index contributed by atoms with van der Waals surface area (Å²) in [7, 11) is 0. The van der Waals surface area contributed by atoms with Crippen molar-refractivity contribution < 1.29 is 9.47 Å². The number of rotatable bonds is 6. The van der Waals surface area contributed by atoms with E-state index in [0.717, 1.165) is 57.6 Å². The normalized spacial score (nSPS) is 30.0. The number of nitrogens with one attached hydrogen (secondary N) is 2. The van der Waals surface area contributed by atoms with Gasteiger partial charge < -0.3 is 20.1 Å². The molecule has 3 aliphatic rings. The average Bonchev–Trinajstić information content (AvgIpc) is 3.19. The molecular formula is C21H33Cl2N3O2. The van der Waals surface area contributed by atoms with Gasteiger partial charge in [-0.05, 0) is 30.4 Å². The fourth-order valence-electron chi connectivity index (χ4n) is 4.92. The SMILES string of the molecule is Cl.Clc1ccccc1C(CNC1CCCC1C1COCCN1)N1CCOCC1. The molecule has 1 aromatic rings. The van der Waals surface area contributed by atoms with Crippen LogP contribution in [0.15, 0.2) is 24.3 Å². The molecule has 0 aromatic heterocycles. The van der Waals surface area contributed by atoms with Crippen LogP contribution in [0.1, 0.15) is 30.9 Å². The Morgan fingerprint density at radius 3 is 2.71 bits per heavy atom. The van der Waals surface area contributed by atoms with E-state index >= 15 is 0 Å². The van der Waals surface area contributed by atoms with Gasteiger partial charge >= 0.3 is 0 Å². The summed E-state index contributed by atoms with van der Waals surface area (Å²) >= 11 is 6.57. The maximum absolute atomic E-state index is 6.57. The summed E-state index contributed by atoms with van der Waals surface area (Å²) in [4.78, 5) is 2.52. The third-order valence-electron chi connectivity index (χ3n) is 6.36. The first-order valence-corrected chi connectivity index (χ1v) is 10.8. The van der Waals surface area contributed by atoms with Crippen LogP contribution in [0.25, 0.3) is 0 Å². The molecule has 0 amide bonds. The number of hydrogen-bond donors (Lipinski definition) is 2. The zero-order valence-corrected chi connectivity index (χ0v) is 18.0. The third kappa shape index (κ3) is 5.39. The Kier molecular flexibility index (Phi) is 8.85. The molecule has 2 aliphatic heterocycles. The van der Waals surface area contributed by atoms with Crippen molar-refractivity contribution in [1.29, 1.82) is 0 Å². The largest absolute Gasteiger partial charge is 0.379 e. The fraction of sp³-hybridized carbons (Fsp3) is 0.714. The Balaban J connectivity index is 0.00000225. The fourth-order valence-corrected chi connectivity index (χ4v) is 5.18. The summed E-state index contributed by atoms with van der Waals surface area (Å²) in [5.74, 6) is 0.655. The molecule has 0 radical (unpaired) electrons. The van der Waals surface area contributed by atoms with E-state index in [1.54, 1.807) is 0 Å². The Morgan fingerprint density at radius 1 is 1.14 bits per heavy atom. The summed E-state index contributed by atoms with van der Waals surface area (Å²) in [6.07, 6.45) is 3.84. The van der Waals surface area contributed by atoms with E-state index in [-0.39, 0.29) is 12.4 Å². The first-order valence-electron chi connectivity index (χ1n) is 10.4. The molecule has 28 heavy (non-hydrogen) atoms. The Labute approximate surface area is 179 Å². The van der Waals surface area contributed by atoms with Crippen LogP contribution in [0.3, 0.4) is 0 Å². The van der Waals surface area contributed by atoms with Crippen LogP contribution in [-0.4, -0.2) is 69.6 Å². The lowest BCUT2D eigenvalue weighted by molar-refractivity contribution is 0.0145. The number of ether oxygens (including phenoxy) is 2. The maximum atomic E-state index is 6.57. The topological polar surface area (TPSA) is 45.8 Å². The van der Waals surface area contributed by atoms with Gasteiger partial charge in [0.15, 0.2) is 0 Å². The zero-order chi connectivity index (χ0) is 18.5. The van der Waals surface area contributed by atoms with Gasteiger partial charge in [-0.1, -0.05) is 36.2 Å². The molecule has 0 bridgehead atoms. The Bertz CT molecular complexity index is 595. The van der Waals surface area contributed by atoms with Gasteiger partial charge in [-0.3, -0.25) is 4.90 Å². The second-order valence-electron chi connectivity index (χ2n) is 7.93. The van der Waals surface area contributed by atoms with Crippen molar-refractivity contribution >= 4 is 24.0 Å². The van der Waals surface area contributed by atoms with Crippen LogP contribution in [0, 0.1) is 5.92 Å². The molecule has 0 spiro atoms. The average molecular weight is 430 g/mol. The molecule has 2 saturated heterocycles. The van der Waals surface area contributed by atoms with Crippen molar-refractivity contribution in [1.82, 2.24) is 15.5 Å². The van der Waals surface area contributed by atoms with Gasteiger partial charge in [0, 0.05) is 49.3 Å². The molecular weight excluding hydrogens is 397 g/mol. The van der Waals surface area contributed by atoms with E-state index in [1.165, 1.54) is 24.8 Å². The van der Waals surface area contributed by atoms with Gasteiger partial charge in [-0.15, -0.1) is 12.4 Å². The van der Waals surface area contributed by atoms with Gasteiger partial charge in [0.05, 0.1) is 26.4 Å². The monoisotopic (exact) mass is 429 g/mol. The Morgan fingerprint density at radius 2 is 1.96 bits per heavy atom. The molecule has 1 aliphatic carbocycles. The first kappa shape index (κ1) is 22.3. The van der Waals surface area contributed by atoms with Crippen molar-refractivity contribution in [2.24, 2.45) is 5.92 Å². The molecule has 3 fully saturated rings. The highest BCUT2D eigenvalue weighted by Gasteiger charge is 2.35. The summed E-state index contributed by atoms with van der Waals surface area (Å²) in [6, 6.07) is 9.61. The van der Waals surface area contributed by atoms with E-state index < -0.39 is 0 Å². The molecule has 4 rings (SSSR count). The molecule has 5 nitrogen and oxygen atoms in total.